The van der Waals surface area contributed by atoms with Gasteiger partial charge in [-0.1, -0.05) is 29.8 Å². The van der Waals surface area contributed by atoms with Gasteiger partial charge < -0.3 is 5.32 Å². The van der Waals surface area contributed by atoms with Crippen LogP contribution in [0.4, 0.5) is 11.8 Å². The number of aryl methyl sites for hydroxylation is 1. The van der Waals surface area contributed by atoms with Crippen LogP contribution in [0.2, 0.25) is 0 Å². The van der Waals surface area contributed by atoms with Crippen LogP contribution >= 0.6 is 0 Å². The van der Waals surface area contributed by atoms with Gasteiger partial charge in [0.15, 0.2) is 5.82 Å². The molecular weight excluding hydrogens is 280 g/mol. The van der Waals surface area contributed by atoms with Crippen molar-refractivity contribution >= 4 is 23.8 Å². The Labute approximate surface area is 127 Å². The van der Waals surface area contributed by atoms with Crippen molar-refractivity contribution in [3.05, 3.63) is 47.8 Å². The standard InChI is InChI=1S/C15H16N6O/c1-11-2-4-12(5-3-11)6-7-16-13-14-19-20-15(18-10-22)21(14)9-8-17-13/h2-5,8-10H,6-7H2,1H3,(H,16,17)(H,18,20,22). The molecule has 0 spiro atoms. The molecule has 7 nitrogen and oxygen atoms in total. The summed E-state index contributed by atoms with van der Waals surface area (Å²) in [4.78, 5) is 14.8. The average Bonchev–Trinajstić information content (AvgIpc) is 2.94. The fraction of sp³-hybridized carbons (Fsp3) is 0.200. The quantitative estimate of drug-likeness (QED) is 0.676. The molecule has 0 unspecified atom stereocenters. The third-order valence-corrected chi connectivity index (χ3v) is 3.34. The van der Waals surface area contributed by atoms with Gasteiger partial charge in [0, 0.05) is 18.9 Å². The second-order valence-electron chi connectivity index (χ2n) is 4.92. The minimum atomic E-state index is 0.369. The Morgan fingerprint density at radius 3 is 2.82 bits per heavy atom. The van der Waals surface area contributed by atoms with Gasteiger partial charge in [-0.2, -0.15) is 0 Å². The number of benzene rings is 1. The van der Waals surface area contributed by atoms with E-state index in [0.29, 0.717) is 23.8 Å². The molecule has 0 saturated heterocycles. The number of nitrogens with zero attached hydrogens (tertiary/aromatic N) is 4. The van der Waals surface area contributed by atoms with Crippen molar-refractivity contribution in [1.29, 1.82) is 0 Å². The minimum absolute atomic E-state index is 0.369. The zero-order valence-electron chi connectivity index (χ0n) is 12.2. The molecule has 0 radical (unpaired) electrons. The van der Waals surface area contributed by atoms with Crippen LogP contribution in [-0.4, -0.2) is 32.5 Å². The summed E-state index contributed by atoms with van der Waals surface area (Å²) in [6, 6.07) is 8.44. The van der Waals surface area contributed by atoms with E-state index in [1.165, 1.54) is 11.1 Å². The predicted molar refractivity (Wildman–Crippen MR) is 83.8 cm³/mol. The van der Waals surface area contributed by atoms with Crippen LogP contribution in [0.1, 0.15) is 11.1 Å². The summed E-state index contributed by atoms with van der Waals surface area (Å²) in [5, 5.41) is 13.7. The fourth-order valence-corrected chi connectivity index (χ4v) is 2.18. The highest BCUT2D eigenvalue weighted by atomic mass is 16.1. The van der Waals surface area contributed by atoms with Crippen molar-refractivity contribution in [2.75, 3.05) is 17.2 Å². The van der Waals surface area contributed by atoms with E-state index in [1.807, 2.05) is 0 Å². The first-order valence-electron chi connectivity index (χ1n) is 6.97. The van der Waals surface area contributed by atoms with E-state index in [9.17, 15) is 4.79 Å². The Hall–Kier alpha value is -2.96. The highest BCUT2D eigenvalue weighted by Gasteiger charge is 2.09. The molecule has 2 aromatic heterocycles. The number of rotatable bonds is 6. The number of hydrogen-bond donors (Lipinski definition) is 2. The van der Waals surface area contributed by atoms with Crippen molar-refractivity contribution in [3.63, 3.8) is 0 Å². The zero-order valence-corrected chi connectivity index (χ0v) is 12.2. The summed E-state index contributed by atoms with van der Waals surface area (Å²) >= 11 is 0. The molecular formula is C15H16N6O. The van der Waals surface area contributed by atoms with Crippen molar-refractivity contribution < 1.29 is 4.79 Å². The molecule has 0 saturated carbocycles. The lowest BCUT2D eigenvalue weighted by molar-refractivity contribution is -0.105. The van der Waals surface area contributed by atoms with Gasteiger partial charge in [0.2, 0.25) is 18.0 Å². The molecule has 22 heavy (non-hydrogen) atoms. The third kappa shape index (κ3) is 2.88. The minimum Gasteiger partial charge on any atom is -0.367 e. The Morgan fingerprint density at radius 2 is 2.05 bits per heavy atom. The van der Waals surface area contributed by atoms with E-state index >= 15 is 0 Å². The molecule has 0 bridgehead atoms. The van der Waals surface area contributed by atoms with E-state index in [-0.39, 0.29) is 0 Å². The van der Waals surface area contributed by atoms with Gasteiger partial charge in [0.25, 0.3) is 0 Å². The predicted octanol–water partition coefficient (Wildman–Crippen LogP) is 1.66. The summed E-state index contributed by atoms with van der Waals surface area (Å²) in [7, 11) is 0. The van der Waals surface area contributed by atoms with Gasteiger partial charge in [-0.25, -0.2) is 4.98 Å². The van der Waals surface area contributed by atoms with E-state index < -0.39 is 0 Å². The molecule has 0 atom stereocenters. The molecule has 3 aromatic rings. The normalized spacial score (nSPS) is 10.6. The first kappa shape index (κ1) is 14.0. The number of amides is 1. The van der Waals surface area contributed by atoms with E-state index in [4.69, 9.17) is 0 Å². The van der Waals surface area contributed by atoms with Crippen molar-refractivity contribution in [3.8, 4) is 0 Å². The third-order valence-electron chi connectivity index (χ3n) is 3.34. The Balaban J connectivity index is 1.71. The first-order valence-corrected chi connectivity index (χ1v) is 6.97. The van der Waals surface area contributed by atoms with Crippen LogP contribution < -0.4 is 10.6 Å². The second-order valence-corrected chi connectivity index (χ2v) is 4.92. The lowest BCUT2D eigenvalue weighted by Gasteiger charge is -2.07. The first-order chi connectivity index (χ1) is 10.8. The van der Waals surface area contributed by atoms with Gasteiger partial charge >= 0.3 is 0 Å². The van der Waals surface area contributed by atoms with E-state index in [1.54, 1.807) is 16.8 Å². The molecule has 0 fully saturated rings. The summed E-state index contributed by atoms with van der Waals surface area (Å²) in [6.45, 7) is 2.81. The van der Waals surface area contributed by atoms with Crippen molar-refractivity contribution in [2.45, 2.75) is 13.3 Å². The largest absolute Gasteiger partial charge is 0.367 e. The van der Waals surface area contributed by atoms with Gasteiger partial charge in [0.05, 0.1) is 0 Å². The van der Waals surface area contributed by atoms with Gasteiger partial charge in [0.1, 0.15) is 0 Å². The number of nitrogens with one attached hydrogen (secondary N) is 2. The van der Waals surface area contributed by atoms with Crippen molar-refractivity contribution in [1.82, 2.24) is 19.6 Å². The molecule has 0 aliphatic heterocycles. The summed E-state index contributed by atoms with van der Waals surface area (Å²) in [6.07, 6.45) is 4.80. The topological polar surface area (TPSA) is 84.2 Å². The van der Waals surface area contributed by atoms with Gasteiger partial charge in [-0.05, 0) is 18.9 Å². The lowest BCUT2D eigenvalue weighted by Crippen LogP contribution is -2.08. The highest BCUT2D eigenvalue weighted by molar-refractivity contribution is 5.71. The fourth-order valence-electron chi connectivity index (χ4n) is 2.18. The summed E-state index contributed by atoms with van der Waals surface area (Å²) < 4.78 is 1.68. The summed E-state index contributed by atoms with van der Waals surface area (Å²) in [5.41, 5.74) is 3.09. The van der Waals surface area contributed by atoms with Crippen molar-refractivity contribution in [2.24, 2.45) is 0 Å². The number of aromatic nitrogens is 4. The molecule has 2 heterocycles. The Bertz CT molecular complexity index is 780. The maximum atomic E-state index is 10.5. The molecule has 2 N–H and O–H groups in total. The highest BCUT2D eigenvalue weighted by Crippen LogP contribution is 2.14. The molecule has 1 aromatic carbocycles. The molecule has 112 valence electrons. The average molecular weight is 296 g/mol. The Kier molecular flexibility index (Phi) is 3.95. The monoisotopic (exact) mass is 296 g/mol. The van der Waals surface area contributed by atoms with Crippen LogP contribution in [0.3, 0.4) is 0 Å². The number of fused-ring (bicyclic) bond motifs is 1. The zero-order chi connectivity index (χ0) is 15.4. The molecule has 7 heteroatoms. The molecule has 3 rings (SSSR count). The maximum absolute atomic E-state index is 10.5. The molecule has 0 aliphatic rings. The van der Waals surface area contributed by atoms with Gasteiger partial charge in [-0.15, -0.1) is 10.2 Å². The maximum Gasteiger partial charge on any atom is 0.235 e. The molecule has 1 amide bonds. The SMILES string of the molecule is Cc1ccc(CCNc2nccn3c(NC=O)nnc23)cc1. The van der Waals surface area contributed by atoms with Crippen LogP contribution in [0, 0.1) is 6.92 Å². The Morgan fingerprint density at radius 1 is 1.23 bits per heavy atom. The summed E-state index contributed by atoms with van der Waals surface area (Å²) in [5.74, 6) is 1.01. The molecule has 0 aliphatic carbocycles. The number of anilines is 2. The number of carbonyl (C=O) groups is 1. The van der Waals surface area contributed by atoms with E-state index in [0.717, 1.165) is 13.0 Å². The van der Waals surface area contributed by atoms with Crippen LogP contribution in [0.25, 0.3) is 5.65 Å². The second kappa shape index (κ2) is 6.21. The number of carbonyl (C=O) groups excluding carboxylic acids is 1. The smallest absolute Gasteiger partial charge is 0.235 e. The van der Waals surface area contributed by atoms with Crippen LogP contribution in [-0.2, 0) is 11.2 Å². The van der Waals surface area contributed by atoms with E-state index in [2.05, 4.69) is 57.0 Å². The van der Waals surface area contributed by atoms with Crippen LogP contribution in [0.15, 0.2) is 36.7 Å². The van der Waals surface area contributed by atoms with Crippen LogP contribution in [0.5, 0.6) is 0 Å². The van der Waals surface area contributed by atoms with Gasteiger partial charge in [-0.3, -0.25) is 14.5 Å². The lowest BCUT2D eigenvalue weighted by atomic mass is 10.1. The number of hydrogen-bond acceptors (Lipinski definition) is 5.